The van der Waals surface area contributed by atoms with E-state index in [9.17, 15) is 4.79 Å². The van der Waals surface area contributed by atoms with Gasteiger partial charge in [-0.1, -0.05) is 63.2 Å². The van der Waals surface area contributed by atoms with Crippen LogP contribution in [0.1, 0.15) is 56.5 Å². The average molecular weight is 417 g/mol. The number of carbonyl (C=O) groups excluding carboxylic acids is 1. The van der Waals surface area contributed by atoms with Crippen molar-refractivity contribution in [1.29, 1.82) is 0 Å². The molecule has 9 heteroatoms. The largest absolute Gasteiger partial charge is 0.462 e. The average Bonchev–Trinajstić information content (AvgIpc) is 3.20. The molecule has 0 saturated heterocycles. The highest BCUT2D eigenvalue weighted by atomic mass is 16.5. The van der Waals surface area contributed by atoms with Gasteiger partial charge in [-0.3, -0.25) is 0 Å². The summed E-state index contributed by atoms with van der Waals surface area (Å²) in [6, 6.07) is 8.34. The van der Waals surface area contributed by atoms with E-state index in [0.29, 0.717) is 24.0 Å². The number of aromatic nitrogens is 2. The Hall–Kier alpha value is -3.20. The fraction of sp³-hybridized carbons (Fsp3) is 0.429. The van der Waals surface area contributed by atoms with Gasteiger partial charge in [0.2, 0.25) is 5.89 Å². The first-order valence-electron chi connectivity index (χ1n) is 10.0. The zero-order valence-corrected chi connectivity index (χ0v) is 18.0. The summed E-state index contributed by atoms with van der Waals surface area (Å²) in [4.78, 5) is 16.3. The SMILES string of the molecule is C=C(Cc1nc(Cc2ccc(CCC)cc2)no1)C(=O)OCC/C(=N/N)NN.CC. The number of esters is 1. The lowest BCUT2D eigenvalue weighted by molar-refractivity contribution is -0.138. The van der Waals surface area contributed by atoms with Gasteiger partial charge in [0, 0.05) is 18.4 Å². The van der Waals surface area contributed by atoms with Crippen molar-refractivity contribution >= 4 is 11.8 Å². The van der Waals surface area contributed by atoms with Crippen LogP contribution in [0.3, 0.4) is 0 Å². The van der Waals surface area contributed by atoms with Gasteiger partial charge in [-0.05, 0) is 17.5 Å². The summed E-state index contributed by atoms with van der Waals surface area (Å²) in [6.07, 6.45) is 3.13. The van der Waals surface area contributed by atoms with Gasteiger partial charge in [0.05, 0.1) is 13.0 Å². The van der Waals surface area contributed by atoms with Crippen molar-refractivity contribution in [3.05, 3.63) is 59.3 Å². The topological polar surface area (TPSA) is 142 Å². The number of nitrogens with one attached hydrogen (secondary N) is 1. The Morgan fingerprint density at radius 2 is 1.93 bits per heavy atom. The molecule has 1 aromatic heterocycles. The maximum absolute atomic E-state index is 12.0. The standard InChI is InChI=1S/C19H26N6O3.C2H6/c1-3-4-14-5-7-15(8-6-14)12-17-22-18(28-25-17)11-13(2)19(26)27-10-9-16(23-20)24-21;1-2/h5-8H,2-4,9-12,20-21H2,1H3,(H,23,24);1-2H3. The summed E-state index contributed by atoms with van der Waals surface area (Å²) in [7, 11) is 0. The highest BCUT2D eigenvalue weighted by Crippen LogP contribution is 2.12. The predicted molar refractivity (Wildman–Crippen MR) is 116 cm³/mol. The Kier molecular flexibility index (Phi) is 11.5. The zero-order chi connectivity index (χ0) is 22.4. The summed E-state index contributed by atoms with van der Waals surface area (Å²) in [5.41, 5.74) is 4.92. The second-order valence-electron chi connectivity index (χ2n) is 6.23. The minimum atomic E-state index is -0.556. The first-order chi connectivity index (χ1) is 14.5. The van der Waals surface area contributed by atoms with Gasteiger partial charge in [-0.25, -0.2) is 10.6 Å². The molecule has 0 aliphatic heterocycles. The molecular weight excluding hydrogens is 384 g/mol. The third-order valence-corrected chi connectivity index (χ3v) is 3.98. The second-order valence-corrected chi connectivity index (χ2v) is 6.23. The van der Waals surface area contributed by atoms with E-state index in [2.05, 4.69) is 58.4 Å². The third kappa shape index (κ3) is 8.44. The number of ether oxygens (including phenoxy) is 1. The van der Waals surface area contributed by atoms with Crippen LogP contribution < -0.4 is 17.1 Å². The third-order valence-electron chi connectivity index (χ3n) is 3.98. The van der Waals surface area contributed by atoms with E-state index in [4.69, 9.17) is 20.9 Å². The van der Waals surface area contributed by atoms with Crippen LogP contribution in [-0.4, -0.2) is 28.6 Å². The lowest BCUT2D eigenvalue weighted by Crippen LogP contribution is -2.32. The molecule has 0 saturated carbocycles. The molecule has 0 amide bonds. The van der Waals surface area contributed by atoms with E-state index in [0.717, 1.165) is 18.4 Å². The molecule has 0 bridgehead atoms. The molecule has 0 fully saturated rings. The summed E-state index contributed by atoms with van der Waals surface area (Å²) in [6.45, 7) is 9.94. The Morgan fingerprint density at radius 3 is 2.53 bits per heavy atom. The van der Waals surface area contributed by atoms with Crippen LogP contribution in [0.5, 0.6) is 0 Å². The Bertz CT molecular complexity index is 814. The van der Waals surface area contributed by atoms with Crippen molar-refractivity contribution in [2.75, 3.05) is 6.61 Å². The monoisotopic (exact) mass is 416 g/mol. The fourth-order valence-corrected chi connectivity index (χ4v) is 2.50. The molecule has 0 aliphatic carbocycles. The van der Waals surface area contributed by atoms with Gasteiger partial charge in [-0.15, -0.1) is 0 Å². The highest BCUT2D eigenvalue weighted by molar-refractivity contribution is 5.88. The lowest BCUT2D eigenvalue weighted by Gasteiger charge is -2.06. The van der Waals surface area contributed by atoms with Gasteiger partial charge in [0.15, 0.2) is 5.82 Å². The van der Waals surface area contributed by atoms with Crippen LogP contribution in [0.25, 0.3) is 0 Å². The first-order valence-corrected chi connectivity index (χ1v) is 10.0. The van der Waals surface area contributed by atoms with Crippen molar-refractivity contribution in [1.82, 2.24) is 15.6 Å². The van der Waals surface area contributed by atoms with E-state index >= 15 is 0 Å². The quantitative estimate of drug-likeness (QED) is 0.134. The Morgan fingerprint density at radius 1 is 1.27 bits per heavy atom. The van der Waals surface area contributed by atoms with Gasteiger partial charge < -0.3 is 20.5 Å². The maximum atomic E-state index is 12.0. The second kappa shape index (κ2) is 13.9. The molecule has 0 spiro atoms. The minimum absolute atomic E-state index is 0.0706. The summed E-state index contributed by atoms with van der Waals surface area (Å²) in [5.74, 6) is 10.9. The Balaban J connectivity index is 0.00000218. The van der Waals surface area contributed by atoms with Crippen LogP contribution >= 0.6 is 0 Å². The first kappa shape index (κ1) is 24.8. The molecule has 2 rings (SSSR count). The molecule has 2 aromatic rings. The van der Waals surface area contributed by atoms with E-state index in [1.807, 2.05) is 13.8 Å². The predicted octanol–water partition coefficient (Wildman–Crippen LogP) is 2.41. The van der Waals surface area contributed by atoms with Crippen molar-refractivity contribution in [2.45, 2.75) is 52.9 Å². The molecule has 0 radical (unpaired) electrons. The molecule has 164 valence electrons. The number of amidine groups is 1. The number of hydrogen-bond donors (Lipinski definition) is 3. The smallest absolute Gasteiger partial charge is 0.333 e. The minimum Gasteiger partial charge on any atom is -0.462 e. The molecule has 30 heavy (non-hydrogen) atoms. The number of rotatable bonds is 10. The number of nitrogens with two attached hydrogens (primary N) is 2. The van der Waals surface area contributed by atoms with Crippen LogP contribution in [0.15, 0.2) is 46.0 Å². The summed E-state index contributed by atoms with van der Waals surface area (Å²) < 4.78 is 10.3. The molecular formula is C21H32N6O3. The van der Waals surface area contributed by atoms with Crippen LogP contribution in [0.2, 0.25) is 0 Å². The summed E-state index contributed by atoms with van der Waals surface area (Å²) in [5, 5.41) is 7.36. The molecule has 0 unspecified atom stereocenters. The van der Waals surface area contributed by atoms with Crippen LogP contribution in [0.4, 0.5) is 0 Å². The Labute approximate surface area is 177 Å². The van der Waals surface area contributed by atoms with E-state index in [1.165, 1.54) is 5.56 Å². The summed E-state index contributed by atoms with van der Waals surface area (Å²) >= 11 is 0. The number of nitrogens with zero attached hydrogens (tertiary/aromatic N) is 3. The number of hydrogen-bond acceptors (Lipinski definition) is 8. The van der Waals surface area contributed by atoms with E-state index < -0.39 is 5.97 Å². The number of carbonyl (C=O) groups is 1. The maximum Gasteiger partial charge on any atom is 0.333 e. The molecule has 0 atom stereocenters. The lowest BCUT2D eigenvalue weighted by atomic mass is 10.1. The van der Waals surface area contributed by atoms with Crippen LogP contribution in [-0.2, 0) is 28.8 Å². The van der Waals surface area contributed by atoms with Crippen molar-refractivity contribution in [3.8, 4) is 0 Å². The van der Waals surface area contributed by atoms with E-state index in [1.54, 1.807) is 0 Å². The van der Waals surface area contributed by atoms with Gasteiger partial charge in [0.1, 0.15) is 5.84 Å². The molecule has 5 N–H and O–H groups in total. The fourth-order valence-electron chi connectivity index (χ4n) is 2.50. The van der Waals surface area contributed by atoms with E-state index in [-0.39, 0.29) is 25.0 Å². The van der Waals surface area contributed by atoms with Crippen molar-refractivity contribution in [3.63, 3.8) is 0 Å². The molecule has 1 heterocycles. The molecule has 9 nitrogen and oxygen atoms in total. The zero-order valence-electron chi connectivity index (χ0n) is 18.0. The number of hydrazine groups is 1. The molecule has 1 aromatic carbocycles. The normalized spacial score (nSPS) is 10.7. The van der Waals surface area contributed by atoms with Gasteiger partial charge >= 0.3 is 5.97 Å². The molecule has 0 aliphatic rings. The van der Waals surface area contributed by atoms with Crippen molar-refractivity contribution < 1.29 is 14.1 Å². The number of hydrazone groups is 1. The van der Waals surface area contributed by atoms with Gasteiger partial charge in [-0.2, -0.15) is 10.1 Å². The highest BCUT2D eigenvalue weighted by Gasteiger charge is 2.15. The number of benzene rings is 1. The number of aryl methyl sites for hydroxylation is 1. The van der Waals surface area contributed by atoms with Crippen molar-refractivity contribution in [2.24, 2.45) is 16.8 Å². The van der Waals surface area contributed by atoms with Gasteiger partial charge in [0.25, 0.3) is 0 Å². The van der Waals surface area contributed by atoms with Crippen LogP contribution in [0, 0.1) is 0 Å².